The van der Waals surface area contributed by atoms with Gasteiger partial charge >= 0.3 is 0 Å². The summed E-state index contributed by atoms with van der Waals surface area (Å²) in [7, 11) is 1.64. The van der Waals surface area contributed by atoms with Gasteiger partial charge in [-0.15, -0.1) is 0 Å². The van der Waals surface area contributed by atoms with E-state index in [1.54, 1.807) is 19.2 Å². The van der Waals surface area contributed by atoms with Crippen LogP contribution in [0.3, 0.4) is 0 Å². The van der Waals surface area contributed by atoms with E-state index < -0.39 is 4.92 Å². The summed E-state index contributed by atoms with van der Waals surface area (Å²) in [5.41, 5.74) is 2.01. The average molecular weight is 355 g/mol. The first kappa shape index (κ1) is 17.7. The van der Waals surface area contributed by atoms with Gasteiger partial charge in [-0.25, -0.2) is 0 Å². The normalized spacial score (nSPS) is 14.2. The lowest BCUT2D eigenvalue weighted by molar-refractivity contribution is -0.384. The molecule has 0 spiro atoms. The Hall–Kier alpha value is -3.09. The molecule has 136 valence electrons. The second-order valence-electron chi connectivity index (χ2n) is 6.19. The molecule has 0 atom stereocenters. The maximum atomic E-state index is 11.5. The number of nitro groups is 1. The summed E-state index contributed by atoms with van der Waals surface area (Å²) in [5, 5.41) is 11.4. The highest BCUT2D eigenvalue weighted by atomic mass is 16.6. The van der Waals surface area contributed by atoms with Crippen LogP contribution < -0.4 is 14.5 Å². The van der Waals surface area contributed by atoms with Crippen molar-refractivity contribution >= 4 is 22.8 Å². The van der Waals surface area contributed by atoms with Crippen molar-refractivity contribution in [1.82, 2.24) is 0 Å². The van der Waals surface area contributed by atoms with Crippen LogP contribution >= 0.6 is 0 Å². The van der Waals surface area contributed by atoms with Gasteiger partial charge in [0.2, 0.25) is 0 Å². The van der Waals surface area contributed by atoms with E-state index in [9.17, 15) is 14.9 Å². The Kier molecular flexibility index (Phi) is 5.06. The number of hydrogen-bond acceptors (Lipinski definition) is 6. The molecule has 3 rings (SSSR count). The zero-order chi connectivity index (χ0) is 18.7. The molecule has 26 heavy (non-hydrogen) atoms. The lowest BCUT2D eigenvalue weighted by Crippen LogP contribution is -2.46. The molecule has 7 nitrogen and oxygen atoms in total. The molecule has 0 radical (unpaired) electrons. The van der Waals surface area contributed by atoms with Gasteiger partial charge in [0.15, 0.2) is 5.78 Å². The van der Waals surface area contributed by atoms with Crippen molar-refractivity contribution in [2.24, 2.45) is 0 Å². The smallest absolute Gasteiger partial charge is 0.293 e. The highest BCUT2D eigenvalue weighted by Crippen LogP contribution is 2.31. The van der Waals surface area contributed by atoms with Crippen molar-refractivity contribution in [2.45, 2.75) is 6.92 Å². The Morgan fingerprint density at radius 1 is 1.04 bits per heavy atom. The third-order valence-corrected chi connectivity index (χ3v) is 4.64. The summed E-state index contributed by atoms with van der Waals surface area (Å²) < 4.78 is 5.18. The highest BCUT2D eigenvalue weighted by Gasteiger charge is 2.24. The van der Waals surface area contributed by atoms with Crippen LogP contribution in [-0.4, -0.2) is 44.0 Å². The lowest BCUT2D eigenvalue weighted by atomic mass is 10.1. The number of nitro benzene ring substituents is 1. The van der Waals surface area contributed by atoms with Crippen molar-refractivity contribution in [2.75, 3.05) is 43.1 Å². The number of Topliss-reactive ketones (excluding diaryl/α,β-unsaturated/α-hetero) is 1. The van der Waals surface area contributed by atoms with Gasteiger partial charge in [-0.3, -0.25) is 14.9 Å². The van der Waals surface area contributed by atoms with Crippen LogP contribution in [0.4, 0.5) is 17.1 Å². The van der Waals surface area contributed by atoms with Crippen LogP contribution in [0.2, 0.25) is 0 Å². The van der Waals surface area contributed by atoms with E-state index in [0.29, 0.717) is 24.3 Å². The number of benzene rings is 2. The second-order valence-corrected chi connectivity index (χ2v) is 6.19. The van der Waals surface area contributed by atoms with E-state index >= 15 is 0 Å². The van der Waals surface area contributed by atoms with E-state index in [0.717, 1.165) is 24.5 Å². The number of ketones is 1. The van der Waals surface area contributed by atoms with E-state index in [-0.39, 0.29) is 11.5 Å². The van der Waals surface area contributed by atoms with Crippen LogP contribution in [0.5, 0.6) is 5.75 Å². The number of rotatable bonds is 5. The summed E-state index contributed by atoms with van der Waals surface area (Å²) in [5.74, 6) is 0.637. The number of hydrogen-bond donors (Lipinski definition) is 0. The zero-order valence-corrected chi connectivity index (χ0v) is 14.8. The maximum absolute atomic E-state index is 11.5. The number of ether oxygens (including phenoxy) is 1. The molecule has 0 aliphatic carbocycles. The monoisotopic (exact) mass is 355 g/mol. The number of anilines is 2. The van der Waals surface area contributed by atoms with E-state index in [2.05, 4.69) is 4.90 Å². The Bertz CT molecular complexity index is 812. The molecule has 0 unspecified atom stereocenters. The van der Waals surface area contributed by atoms with Crippen LogP contribution in [0.15, 0.2) is 42.5 Å². The third kappa shape index (κ3) is 3.61. The van der Waals surface area contributed by atoms with E-state index in [4.69, 9.17) is 4.74 Å². The zero-order valence-electron chi connectivity index (χ0n) is 14.8. The molecule has 1 aliphatic rings. The minimum absolute atomic E-state index is 0.0180. The molecule has 0 bridgehead atoms. The molecular weight excluding hydrogens is 334 g/mol. The fraction of sp³-hybridized carbons (Fsp3) is 0.316. The van der Waals surface area contributed by atoms with Gasteiger partial charge in [0.25, 0.3) is 5.69 Å². The summed E-state index contributed by atoms with van der Waals surface area (Å²) in [4.78, 5) is 26.8. The molecule has 0 aromatic heterocycles. The minimum atomic E-state index is -0.419. The number of methoxy groups -OCH3 is 1. The van der Waals surface area contributed by atoms with Gasteiger partial charge in [0, 0.05) is 43.5 Å². The van der Waals surface area contributed by atoms with Crippen molar-refractivity contribution in [3.8, 4) is 5.75 Å². The minimum Gasteiger partial charge on any atom is -0.497 e. The quantitative estimate of drug-likeness (QED) is 0.466. The largest absolute Gasteiger partial charge is 0.497 e. The third-order valence-electron chi connectivity index (χ3n) is 4.64. The Labute approximate surface area is 151 Å². The van der Waals surface area contributed by atoms with Crippen molar-refractivity contribution in [3.05, 3.63) is 58.1 Å². The molecule has 1 fully saturated rings. The summed E-state index contributed by atoms with van der Waals surface area (Å²) >= 11 is 0. The van der Waals surface area contributed by atoms with Crippen LogP contribution in [0.1, 0.15) is 17.3 Å². The molecular formula is C19H21N3O4. The highest BCUT2D eigenvalue weighted by molar-refractivity contribution is 5.95. The van der Waals surface area contributed by atoms with Gasteiger partial charge in [0.05, 0.1) is 12.0 Å². The number of piperazine rings is 1. The standard InChI is InChI=1S/C19H21N3O4/c1-14(23)15-3-8-18(19(13-15)22(24)25)21-11-9-20(10-12-21)16-4-6-17(26-2)7-5-16/h3-8,13H,9-12H2,1-2H3. The fourth-order valence-electron chi connectivity index (χ4n) is 3.15. The molecule has 0 saturated carbocycles. The number of carbonyl (C=O) groups excluding carboxylic acids is 1. The first-order chi connectivity index (χ1) is 12.5. The van der Waals surface area contributed by atoms with Gasteiger partial charge in [-0.1, -0.05) is 0 Å². The molecule has 0 N–H and O–H groups in total. The lowest BCUT2D eigenvalue weighted by Gasteiger charge is -2.37. The van der Waals surface area contributed by atoms with Gasteiger partial charge in [-0.05, 0) is 43.3 Å². The molecule has 1 aliphatic heterocycles. The van der Waals surface area contributed by atoms with Crippen molar-refractivity contribution in [3.63, 3.8) is 0 Å². The number of nitrogens with zero attached hydrogens (tertiary/aromatic N) is 3. The summed E-state index contributed by atoms with van der Waals surface area (Å²) in [6.07, 6.45) is 0. The topological polar surface area (TPSA) is 75.9 Å². The van der Waals surface area contributed by atoms with Crippen LogP contribution in [0, 0.1) is 10.1 Å². The van der Waals surface area contributed by atoms with Gasteiger partial charge in [0.1, 0.15) is 11.4 Å². The van der Waals surface area contributed by atoms with Gasteiger partial charge < -0.3 is 14.5 Å². The van der Waals surface area contributed by atoms with Crippen molar-refractivity contribution < 1.29 is 14.5 Å². The molecule has 2 aromatic carbocycles. The number of carbonyl (C=O) groups is 1. The first-order valence-electron chi connectivity index (χ1n) is 8.43. The molecule has 1 heterocycles. The average Bonchev–Trinajstić information content (AvgIpc) is 2.67. The molecule has 7 heteroatoms. The summed E-state index contributed by atoms with van der Waals surface area (Å²) in [6, 6.07) is 12.6. The molecule has 1 saturated heterocycles. The van der Waals surface area contributed by atoms with Crippen LogP contribution in [-0.2, 0) is 0 Å². The van der Waals surface area contributed by atoms with Crippen molar-refractivity contribution in [1.29, 1.82) is 0 Å². The van der Waals surface area contributed by atoms with E-state index in [1.807, 2.05) is 29.2 Å². The fourth-order valence-corrected chi connectivity index (χ4v) is 3.15. The second kappa shape index (κ2) is 7.43. The predicted molar refractivity (Wildman–Crippen MR) is 101 cm³/mol. The molecule has 0 amide bonds. The maximum Gasteiger partial charge on any atom is 0.293 e. The van der Waals surface area contributed by atoms with Gasteiger partial charge in [-0.2, -0.15) is 0 Å². The SMILES string of the molecule is COc1ccc(N2CCN(c3ccc(C(C)=O)cc3[N+](=O)[O-])CC2)cc1. The first-order valence-corrected chi connectivity index (χ1v) is 8.43. The van der Waals surface area contributed by atoms with E-state index in [1.165, 1.54) is 13.0 Å². The predicted octanol–water partition coefficient (Wildman–Crippen LogP) is 3.13. The Morgan fingerprint density at radius 2 is 1.65 bits per heavy atom. The summed E-state index contributed by atoms with van der Waals surface area (Å²) in [6.45, 7) is 4.28. The molecule has 2 aromatic rings. The Balaban J connectivity index is 1.75. The van der Waals surface area contributed by atoms with Crippen LogP contribution in [0.25, 0.3) is 0 Å². The Morgan fingerprint density at radius 3 is 2.19 bits per heavy atom.